The van der Waals surface area contributed by atoms with Crippen LogP contribution in [-0.2, 0) is 16.0 Å². The highest BCUT2D eigenvalue weighted by molar-refractivity contribution is 5.84. The van der Waals surface area contributed by atoms with Gasteiger partial charge in [-0.15, -0.1) is 0 Å². The molecule has 5 nitrogen and oxygen atoms in total. The summed E-state index contributed by atoms with van der Waals surface area (Å²) in [6.07, 6.45) is 3.31. The van der Waals surface area contributed by atoms with E-state index in [9.17, 15) is 14.0 Å². The summed E-state index contributed by atoms with van der Waals surface area (Å²) in [5.74, 6) is -0.786. The van der Waals surface area contributed by atoms with E-state index >= 15 is 0 Å². The van der Waals surface area contributed by atoms with Crippen LogP contribution in [0.4, 0.5) is 10.1 Å². The molecule has 24 heavy (non-hydrogen) atoms. The number of amides is 2. The number of nitrogens with zero attached hydrogens (tertiary/aromatic N) is 2. The van der Waals surface area contributed by atoms with Crippen molar-refractivity contribution in [1.29, 1.82) is 0 Å². The second kappa shape index (κ2) is 6.79. The number of primary amides is 1. The summed E-state index contributed by atoms with van der Waals surface area (Å²) in [7, 11) is 0. The number of nitrogens with two attached hydrogens (primary N) is 1. The zero-order chi connectivity index (χ0) is 17.3. The predicted octanol–water partition coefficient (Wildman–Crippen LogP) is 1.61. The van der Waals surface area contributed by atoms with Gasteiger partial charge in [0.1, 0.15) is 5.82 Å². The molecule has 1 aromatic rings. The van der Waals surface area contributed by atoms with Crippen LogP contribution in [0.15, 0.2) is 12.1 Å². The normalized spacial score (nSPS) is 20.7. The second-order valence-electron chi connectivity index (χ2n) is 6.84. The van der Waals surface area contributed by atoms with Gasteiger partial charge in [-0.1, -0.05) is 0 Å². The smallest absolute Gasteiger partial charge is 0.242 e. The lowest BCUT2D eigenvalue weighted by Crippen LogP contribution is -2.48. The fourth-order valence-corrected chi connectivity index (χ4v) is 3.88. The molecule has 2 aliphatic heterocycles. The Morgan fingerprint density at radius 2 is 2.08 bits per heavy atom. The van der Waals surface area contributed by atoms with Crippen molar-refractivity contribution in [2.24, 2.45) is 11.7 Å². The Balaban J connectivity index is 1.73. The van der Waals surface area contributed by atoms with Gasteiger partial charge < -0.3 is 15.5 Å². The van der Waals surface area contributed by atoms with Gasteiger partial charge in [-0.2, -0.15) is 0 Å². The first-order chi connectivity index (χ1) is 11.5. The molecule has 1 fully saturated rings. The number of hydrogen-bond donors (Lipinski definition) is 1. The topological polar surface area (TPSA) is 66.6 Å². The summed E-state index contributed by atoms with van der Waals surface area (Å²) in [4.78, 5) is 27.9. The minimum atomic E-state index is -0.331. The fraction of sp³-hybridized carbons (Fsp3) is 0.556. The maximum absolute atomic E-state index is 13.6. The van der Waals surface area contributed by atoms with Crippen molar-refractivity contribution in [3.05, 3.63) is 29.1 Å². The number of piperidine rings is 1. The Labute approximate surface area is 141 Å². The van der Waals surface area contributed by atoms with E-state index in [0.29, 0.717) is 13.1 Å². The largest absolute Gasteiger partial charge is 0.369 e. The number of aryl methyl sites for hydroxylation is 2. The molecule has 2 N–H and O–H groups in total. The molecule has 0 radical (unpaired) electrons. The maximum atomic E-state index is 13.6. The number of benzene rings is 1. The molecule has 1 atom stereocenters. The lowest BCUT2D eigenvalue weighted by atomic mass is 9.96. The molecule has 1 aromatic carbocycles. The number of halogens is 1. The number of likely N-dealkylation sites (tertiary alicyclic amines) is 1. The molecule has 1 saturated heterocycles. The lowest BCUT2D eigenvalue weighted by Gasteiger charge is -2.36. The minimum Gasteiger partial charge on any atom is -0.369 e. The van der Waals surface area contributed by atoms with Gasteiger partial charge in [0, 0.05) is 25.3 Å². The summed E-state index contributed by atoms with van der Waals surface area (Å²) in [6.45, 7) is 4.03. The molecular weight excluding hydrogens is 309 g/mol. The maximum Gasteiger partial charge on any atom is 0.242 e. The molecule has 6 heteroatoms. The van der Waals surface area contributed by atoms with Crippen LogP contribution in [0.25, 0.3) is 0 Å². The number of carbonyl (C=O) groups is 2. The van der Waals surface area contributed by atoms with Gasteiger partial charge in [0.2, 0.25) is 11.8 Å². The van der Waals surface area contributed by atoms with Crippen LogP contribution in [0, 0.1) is 18.7 Å². The van der Waals surface area contributed by atoms with Crippen LogP contribution < -0.4 is 10.6 Å². The van der Waals surface area contributed by atoms with Crippen molar-refractivity contribution in [2.75, 3.05) is 31.1 Å². The molecule has 3 rings (SSSR count). The van der Waals surface area contributed by atoms with Crippen molar-refractivity contribution in [3.63, 3.8) is 0 Å². The van der Waals surface area contributed by atoms with E-state index in [1.165, 1.54) is 6.07 Å². The summed E-state index contributed by atoms with van der Waals surface area (Å²) in [5.41, 5.74) is 8.21. The number of hydrogen-bond acceptors (Lipinski definition) is 3. The third-order valence-electron chi connectivity index (χ3n) is 5.04. The highest BCUT2D eigenvalue weighted by atomic mass is 19.1. The van der Waals surface area contributed by atoms with Crippen LogP contribution in [0.2, 0.25) is 0 Å². The van der Waals surface area contributed by atoms with Gasteiger partial charge in [-0.05, 0) is 55.9 Å². The Hall–Kier alpha value is -2.11. The second-order valence-corrected chi connectivity index (χ2v) is 6.84. The lowest BCUT2D eigenvalue weighted by molar-refractivity contribution is -0.133. The van der Waals surface area contributed by atoms with Gasteiger partial charge in [0.25, 0.3) is 0 Å². The van der Waals surface area contributed by atoms with Crippen molar-refractivity contribution in [3.8, 4) is 0 Å². The average Bonchev–Trinajstić information content (AvgIpc) is 2.54. The van der Waals surface area contributed by atoms with E-state index in [4.69, 9.17) is 5.73 Å². The summed E-state index contributed by atoms with van der Waals surface area (Å²) < 4.78 is 13.6. The Bertz CT molecular complexity index is 662. The zero-order valence-corrected chi connectivity index (χ0v) is 14.1. The number of rotatable bonds is 3. The summed E-state index contributed by atoms with van der Waals surface area (Å²) in [6, 6.07) is 3.09. The van der Waals surface area contributed by atoms with E-state index in [1.54, 1.807) is 11.0 Å². The predicted molar refractivity (Wildman–Crippen MR) is 90.2 cm³/mol. The SMILES string of the molecule is Cc1cc(F)cc2c1N(CC(=O)N1CCC[C@H](C(N)=O)C1)CCC2. The van der Waals surface area contributed by atoms with Crippen LogP contribution >= 0.6 is 0 Å². The third-order valence-corrected chi connectivity index (χ3v) is 5.04. The van der Waals surface area contributed by atoms with Crippen LogP contribution in [0.5, 0.6) is 0 Å². The molecule has 0 spiro atoms. The van der Waals surface area contributed by atoms with Crippen LogP contribution in [0.3, 0.4) is 0 Å². The summed E-state index contributed by atoms with van der Waals surface area (Å²) >= 11 is 0. The molecule has 0 saturated carbocycles. The molecule has 2 amide bonds. The quantitative estimate of drug-likeness (QED) is 0.914. The average molecular weight is 333 g/mol. The first kappa shape index (κ1) is 16.7. The van der Waals surface area contributed by atoms with Gasteiger partial charge in [0.05, 0.1) is 12.5 Å². The van der Waals surface area contributed by atoms with Gasteiger partial charge >= 0.3 is 0 Å². The number of fused-ring (bicyclic) bond motifs is 1. The van der Waals surface area contributed by atoms with Crippen molar-refractivity contribution in [2.45, 2.75) is 32.6 Å². The van der Waals surface area contributed by atoms with Crippen molar-refractivity contribution < 1.29 is 14.0 Å². The summed E-state index contributed by atoms with van der Waals surface area (Å²) in [5, 5.41) is 0. The van der Waals surface area contributed by atoms with E-state index in [1.807, 2.05) is 11.8 Å². The van der Waals surface area contributed by atoms with E-state index in [-0.39, 0.29) is 30.1 Å². The first-order valence-electron chi connectivity index (χ1n) is 8.57. The molecule has 0 aromatic heterocycles. The molecule has 2 heterocycles. The van der Waals surface area contributed by atoms with Crippen LogP contribution in [0.1, 0.15) is 30.4 Å². The molecular formula is C18H24FN3O2. The molecule has 2 aliphatic rings. The standard InChI is InChI=1S/C18H24FN3O2/c1-12-8-15(19)9-13-4-2-7-22(17(12)13)11-16(23)21-6-3-5-14(10-21)18(20)24/h8-9,14H,2-7,10-11H2,1H3,(H2,20,24)/t14-/m0/s1. The van der Waals surface area contributed by atoms with E-state index in [0.717, 1.165) is 49.0 Å². The molecule has 130 valence electrons. The first-order valence-corrected chi connectivity index (χ1v) is 8.57. The molecule has 0 bridgehead atoms. The van der Waals surface area contributed by atoms with E-state index in [2.05, 4.69) is 0 Å². The highest BCUT2D eigenvalue weighted by Crippen LogP contribution is 2.31. The fourth-order valence-electron chi connectivity index (χ4n) is 3.88. The number of anilines is 1. The molecule has 0 aliphatic carbocycles. The van der Waals surface area contributed by atoms with Crippen LogP contribution in [-0.4, -0.2) is 42.9 Å². The minimum absolute atomic E-state index is 0.0116. The zero-order valence-electron chi connectivity index (χ0n) is 14.1. The van der Waals surface area contributed by atoms with Crippen molar-refractivity contribution in [1.82, 2.24) is 4.90 Å². The molecule has 0 unspecified atom stereocenters. The van der Waals surface area contributed by atoms with Crippen molar-refractivity contribution >= 4 is 17.5 Å². The van der Waals surface area contributed by atoms with Gasteiger partial charge in [-0.25, -0.2) is 4.39 Å². The van der Waals surface area contributed by atoms with Gasteiger partial charge in [-0.3, -0.25) is 9.59 Å². The highest BCUT2D eigenvalue weighted by Gasteiger charge is 2.29. The Kier molecular flexibility index (Phi) is 4.73. The van der Waals surface area contributed by atoms with Gasteiger partial charge in [0.15, 0.2) is 0 Å². The number of carbonyl (C=O) groups excluding carboxylic acids is 2. The Morgan fingerprint density at radius 1 is 1.29 bits per heavy atom. The van der Waals surface area contributed by atoms with E-state index < -0.39 is 0 Å². The third kappa shape index (κ3) is 3.37. The monoisotopic (exact) mass is 333 g/mol. The Morgan fingerprint density at radius 3 is 2.83 bits per heavy atom.